The van der Waals surface area contributed by atoms with Gasteiger partial charge in [0, 0.05) is 6.04 Å². The number of carbonyl (C=O) groups is 2. The summed E-state index contributed by atoms with van der Waals surface area (Å²) < 4.78 is 0. The van der Waals surface area contributed by atoms with Gasteiger partial charge in [-0.25, -0.2) is 9.59 Å². The van der Waals surface area contributed by atoms with Gasteiger partial charge in [0.05, 0.1) is 6.54 Å². The zero-order chi connectivity index (χ0) is 13.7. The average molecular weight is 258 g/mol. The van der Waals surface area contributed by atoms with Crippen LogP contribution < -0.4 is 10.6 Å². The smallest absolute Gasteiger partial charge is 0.334 e. The first-order valence-corrected chi connectivity index (χ1v) is 6.37. The molecule has 2 amide bonds. The Morgan fingerprint density at radius 3 is 2.61 bits per heavy atom. The standard InChI is InChI=1S/C12H22N2O4/c1-7-4-3-5-9(8(7)2)14-12(18)13-6-10(15)11(16)17/h7-10,15H,3-6H2,1-2H3,(H,16,17)(H2,13,14,18). The van der Waals surface area contributed by atoms with Crippen LogP contribution >= 0.6 is 0 Å². The molecule has 1 fully saturated rings. The van der Waals surface area contributed by atoms with Gasteiger partial charge in [0.2, 0.25) is 0 Å². The fourth-order valence-corrected chi connectivity index (χ4v) is 2.28. The molecular weight excluding hydrogens is 236 g/mol. The Hall–Kier alpha value is -1.30. The average Bonchev–Trinajstić information content (AvgIpc) is 2.32. The summed E-state index contributed by atoms with van der Waals surface area (Å²) in [6.07, 6.45) is 1.66. The van der Waals surface area contributed by atoms with Gasteiger partial charge in [-0.3, -0.25) is 0 Å². The molecule has 1 rings (SSSR count). The highest BCUT2D eigenvalue weighted by atomic mass is 16.4. The summed E-state index contributed by atoms with van der Waals surface area (Å²) in [5.41, 5.74) is 0. The highest BCUT2D eigenvalue weighted by Gasteiger charge is 2.28. The Kier molecular flexibility index (Phi) is 5.40. The zero-order valence-electron chi connectivity index (χ0n) is 10.8. The third kappa shape index (κ3) is 4.18. The molecule has 1 saturated carbocycles. The van der Waals surface area contributed by atoms with Gasteiger partial charge in [0.25, 0.3) is 0 Å². The van der Waals surface area contributed by atoms with Crippen molar-refractivity contribution in [2.24, 2.45) is 11.8 Å². The predicted molar refractivity (Wildman–Crippen MR) is 66.1 cm³/mol. The molecule has 0 bridgehead atoms. The van der Waals surface area contributed by atoms with Gasteiger partial charge in [-0.05, 0) is 18.3 Å². The number of urea groups is 1. The maximum absolute atomic E-state index is 11.6. The molecule has 18 heavy (non-hydrogen) atoms. The monoisotopic (exact) mass is 258 g/mol. The molecule has 4 unspecified atom stereocenters. The molecule has 4 N–H and O–H groups in total. The van der Waals surface area contributed by atoms with Crippen LogP contribution in [0.25, 0.3) is 0 Å². The molecule has 0 spiro atoms. The quantitative estimate of drug-likeness (QED) is 0.592. The summed E-state index contributed by atoms with van der Waals surface area (Å²) in [6, 6.07) is -0.294. The first-order valence-electron chi connectivity index (χ1n) is 6.37. The Morgan fingerprint density at radius 1 is 1.33 bits per heavy atom. The minimum absolute atomic E-state index is 0.121. The van der Waals surface area contributed by atoms with Crippen molar-refractivity contribution in [1.82, 2.24) is 10.6 Å². The van der Waals surface area contributed by atoms with Crippen LogP contribution in [0.4, 0.5) is 4.79 Å². The fraction of sp³-hybridized carbons (Fsp3) is 0.833. The van der Waals surface area contributed by atoms with Crippen molar-refractivity contribution in [3.8, 4) is 0 Å². The van der Waals surface area contributed by atoms with E-state index in [1.165, 1.54) is 6.42 Å². The van der Waals surface area contributed by atoms with Crippen LogP contribution in [-0.2, 0) is 4.79 Å². The number of aliphatic hydroxyl groups is 1. The lowest BCUT2D eigenvalue weighted by molar-refractivity contribution is -0.146. The van der Waals surface area contributed by atoms with E-state index in [1.807, 2.05) is 0 Å². The van der Waals surface area contributed by atoms with Gasteiger partial charge in [0.1, 0.15) is 0 Å². The largest absolute Gasteiger partial charge is 0.479 e. The van der Waals surface area contributed by atoms with Gasteiger partial charge >= 0.3 is 12.0 Å². The topological polar surface area (TPSA) is 98.7 Å². The van der Waals surface area contributed by atoms with Crippen LogP contribution in [-0.4, -0.2) is 40.9 Å². The fourth-order valence-electron chi connectivity index (χ4n) is 2.28. The van der Waals surface area contributed by atoms with Crippen molar-refractivity contribution in [3.63, 3.8) is 0 Å². The minimum Gasteiger partial charge on any atom is -0.479 e. The molecule has 0 heterocycles. The Labute approximate surface area is 107 Å². The van der Waals surface area contributed by atoms with Crippen molar-refractivity contribution >= 4 is 12.0 Å². The SMILES string of the molecule is CC1CCCC(NC(=O)NCC(O)C(=O)O)C1C. The first-order chi connectivity index (χ1) is 8.41. The van der Waals surface area contributed by atoms with Crippen molar-refractivity contribution in [3.05, 3.63) is 0 Å². The number of carbonyl (C=O) groups excluding carboxylic acids is 1. The molecule has 0 aromatic carbocycles. The minimum atomic E-state index is -1.56. The van der Waals surface area contributed by atoms with E-state index in [9.17, 15) is 9.59 Å². The lowest BCUT2D eigenvalue weighted by Gasteiger charge is -2.34. The van der Waals surface area contributed by atoms with Crippen molar-refractivity contribution in [2.75, 3.05) is 6.54 Å². The summed E-state index contributed by atoms with van der Waals surface area (Å²) in [7, 11) is 0. The number of amides is 2. The highest BCUT2D eigenvalue weighted by molar-refractivity contribution is 5.76. The van der Waals surface area contributed by atoms with E-state index >= 15 is 0 Å². The number of aliphatic carboxylic acids is 1. The van der Waals surface area contributed by atoms with Crippen LogP contribution in [0.15, 0.2) is 0 Å². The van der Waals surface area contributed by atoms with Crippen molar-refractivity contribution in [1.29, 1.82) is 0 Å². The van der Waals surface area contributed by atoms with Crippen LogP contribution in [0.2, 0.25) is 0 Å². The van der Waals surface area contributed by atoms with E-state index in [0.29, 0.717) is 11.8 Å². The van der Waals surface area contributed by atoms with Crippen LogP contribution in [0.5, 0.6) is 0 Å². The van der Waals surface area contributed by atoms with Crippen LogP contribution in [0.3, 0.4) is 0 Å². The molecule has 4 atom stereocenters. The number of nitrogens with one attached hydrogen (secondary N) is 2. The lowest BCUT2D eigenvalue weighted by atomic mass is 9.78. The number of rotatable bonds is 4. The number of carboxylic acid groups (broad SMARTS) is 1. The molecular formula is C12H22N2O4. The maximum atomic E-state index is 11.6. The van der Waals surface area contributed by atoms with Crippen LogP contribution in [0, 0.1) is 11.8 Å². The van der Waals surface area contributed by atoms with Crippen LogP contribution in [0.1, 0.15) is 33.1 Å². The van der Waals surface area contributed by atoms with E-state index in [-0.39, 0.29) is 12.6 Å². The third-order valence-electron chi connectivity index (χ3n) is 3.76. The Balaban J connectivity index is 2.33. The maximum Gasteiger partial charge on any atom is 0.334 e. The molecule has 0 radical (unpaired) electrons. The van der Waals surface area contributed by atoms with E-state index in [1.54, 1.807) is 0 Å². The molecule has 104 valence electrons. The van der Waals surface area contributed by atoms with E-state index in [4.69, 9.17) is 10.2 Å². The number of aliphatic hydroxyl groups excluding tert-OH is 1. The number of hydrogen-bond acceptors (Lipinski definition) is 3. The summed E-state index contributed by atoms with van der Waals surface area (Å²) in [6.45, 7) is 4.00. The normalized spacial score (nSPS) is 29.4. The molecule has 0 aliphatic heterocycles. The van der Waals surface area contributed by atoms with Gasteiger partial charge in [-0.1, -0.05) is 26.7 Å². The molecule has 6 nitrogen and oxygen atoms in total. The predicted octanol–water partition coefficient (Wildman–Crippen LogP) is 0.556. The third-order valence-corrected chi connectivity index (χ3v) is 3.76. The second-order valence-corrected chi connectivity index (χ2v) is 5.08. The van der Waals surface area contributed by atoms with Crippen molar-refractivity contribution < 1.29 is 19.8 Å². The molecule has 1 aliphatic rings. The van der Waals surface area contributed by atoms with E-state index in [2.05, 4.69) is 24.5 Å². The second-order valence-electron chi connectivity index (χ2n) is 5.08. The number of hydrogen-bond donors (Lipinski definition) is 4. The molecule has 0 aromatic heterocycles. The van der Waals surface area contributed by atoms with Crippen molar-refractivity contribution in [2.45, 2.75) is 45.3 Å². The summed E-state index contributed by atoms with van der Waals surface area (Å²) >= 11 is 0. The molecule has 0 saturated heterocycles. The summed E-state index contributed by atoms with van der Waals surface area (Å²) in [4.78, 5) is 21.9. The summed E-state index contributed by atoms with van der Waals surface area (Å²) in [5, 5.41) is 22.7. The van der Waals surface area contributed by atoms with Gasteiger partial charge in [-0.2, -0.15) is 0 Å². The molecule has 1 aliphatic carbocycles. The zero-order valence-corrected chi connectivity index (χ0v) is 10.8. The molecule has 0 aromatic rings. The molecule has 6 heteroatoms. The van der Waals surface area contributed by atoms with E-state index < -0.39 is 18.1 Å². The van der Waals surface area contributed by atoms with Gasteiger partial charge in [-0.15, -0.1) is 0 Å². The van der Waals surface area contributed by atoms with Gasteiger partial charge in [0.15, 0.2) is 6.10 Å². The van der Waals surface area contributed by atoms with E-state index in [0.717, 1.165) is 12.8 Å². The lowest BCUT2D eigenvalue weighted by Crippen LogP contribution is -2.49. The van der Waals surface area contributed by atoms with Gasteiger partial charge < -0.3 is 20.8 Å². The Bertz CT molecular complexity index is 308. The first kappa shape index (κ1) is 14.8. The highest BCUT2D eigenvalue weighted by Crippen LogP contribution is 2.29. The Morgan fingerprint density at radius 2 is 2.00 bits per heavy atom. The second kappa shape index (κ2) is 6.58. The summed E-state index contributed by atoms with van der Waals surface area (Å²) in [5.74, 6) is -0.350. The number of carboxylic acids is 1.